The molecule has 5 N–H and O–H groups in total. The molecular weight excluding hydrogens is 375 g/mol. The smallest absolute Gasteiger partial charge is 0.693 e. The third-order valence-corrected chi connectivity index (χ3v) is 28.1. The summed E-state index contributed by atoms with van der Waals surface area (Å²) in [5.74, 6) is 0. The standard InChI is InChI=1S/C13H36N3Si3.2K.H2N/c1-14(2)17(7,8)13(18(9,10)15(3)4)19(11,12)16(5)6;;;/h1-12H3;;;1H2/q-1;2*+1;-1/p+3. The molecular formula is C13H41K2N4Si3+3. The van der Waals surface area contributed by atoms with Crippen molar-refractivity contribution in [2.75, 3.05) is 42.3 Å². The van der Waals surface area contributed by atoms with E-state index in [2.05, 4.69) is 81.6 Å². The summed E-state index contributed by atoms with van der Waals surface area (Å²) in [6.07, 6.45) is 0. The van der Waals surface area contributed by atoms with Gasteiger partial charge in [0.1, 0.15) is 24.7 Å². The van der Waals surface area contributed by atoms with Crippen LogP contribution in [-0.2, 0) is 0 Å². The number of rotatable bonds is 6. The van der Waals surface area contributed by atoms with Crippen LogP contribution in [0.25, 0.3) is 6.15 Å². The monoisotopic (exact) mass is 415 g/mol. The van der Waals surface area contributed by atoms with E-state index in [1.165, 1.54) is 0 Å². The van der Waals surface area contributed by atoms with Crippen molar-refractivity contribution in [2.45, 2.75) is 39.3 Å². The molecule has 0 bridgehead atoms. The van der Waals surface area contributed by atoms with Crippen LogP contribution in [0.3, 0.4) is 0 Å². The Kier molecular flexibility index (Phi) is 18.6. The minimum Gasteiger partial charge on any atom is -0.693 e. The molecule has 0 atom stereocenters. The van der Waals surface area contributed by atoms with E-state index in [0.29, 0.717) is 0 Å². The molecule has 0 fully saturated rings. The Morgan fingerprint density at radius 3 is 0.727 bits per heavy atom. The topological polar surface area (TPSA) is 46.8 Å². The summed E-state index contributed by atoms with van der Waals surface area (Å²) in [5, 5.41) is 0. The van der Waals surface area contributed by atoms with Gasteiger partial charge in [0.25, 0.3) is 0 Å². The zero-order valence-electron chi connectivity index (χ0n) is 18.1. The van der Waals surface area contributed by atoms with Gasteiger partial charge in [-0.3, -0.25) is 0 Å². The molecule has 0 aliphatic heterocycles. The maximum atomic E-state index is 2.59. The Balaban J connectivity index is -0.000000540. The Morgan fingerprint density at radius 1 is 0.500 bits per heavy atom. The van der Waals surface area contributed by atoms with Gasteiger partial charge in [-0.2, -0.15) is 0 Å². The van der Waals surface area contributed by atoms with Gasteiger partial charge >= 0.3 is 103 Å². The van der Waals surface area contributed by atoms with E-state index in [4.69, 9.17) is 0 Å². The molecule has 0 aliphatic carbocycles. The summed E-state index contributed by atoms with van der Waals surface area (Å²) in [7, 11) is 10.1. The number of hydrogen-bond donors (Lipinski definition) is 3. The summed E-state index contributed by atoms with van der Waals surface area (Å²) in [5.41, 5.74) is 0. The van der Waals surface area contributed by atoms with Crippen LogP contribution in [0.2, 0.25) is 39.3 Å². The van der Waals surface area contributed by atoms with Crippen molar-refractivity contribution in [3.8, 4) is 0 Å². The Morgan fingerprint density at radius 2 is 0.636 bits per heavy atom. The van der Waals surface area contributed by atoms with E-state index in [1.807, 2.05) is 4.79 Å². The van der Waals surface area contributed by atoms with Crippen molar-refractivity contribution in [2.24, 2.45) is 0 Å². The van der Waals surface area contributed by atoms with Crippen LogP contribution in [0.5, 0.6) is 0 Å². The molecule has 0 unspecified atom stereocenters. The quantitative estimate of drug-likeness (QED) is 0.285. The fraction of sp³-hybridized carbons (Fsp3) is 0.923. The number of quaternary nitrogens is 3. The molecule has 0 aromatic heterocycles. The molecule has 22 heavy (non-hydrogen) atoms. The van der Waals surface area contributed by atoms with E-state index in [-0.39, 0.29) is 109 Å². The molecule has 4 nitrogen and oxygen atoms in total. The summed E-state index contributed by atoms with van der Waals surface area (Å²) in [6.45, 7) is 15.5. The summed E-state index contributed by atoms with van der Waals surface area (Å²) in [6, 6.07) is 0. The second-order valence-electron chi connectivity index (χ2n) is 8.25. The Labute approximate surface area is 229 Å². The van der Waals surface area contributed by atoms with Crippen molar-refractivity contribution >= 4 is 24.7 Å². The molecule has 0 aromatic carbocycles. The van der Waals surface area contributed by atoms with E-state index in [1.54, 1.807) is 13.7 Å². The van der Waals surface area contributed by atoms with Crippen molar-refractivity contribution in [1.29, 1.82) is 0 Å². The van der Waals surface area contributed by atoms with Gasteiger partial charge in [-0.25, -0.2) is 0 Å². The van der Waals surface area contributed by atoms with Gasteiger partial charge in [0.05, 0.1) is 0 Å². The van der Waals surface area contributed by atoms with Crippen molar-refractivity contribution < 1.29 is 116 Å². The normalized spacial score (nSPS) is 13.1. The van der Waals surface area contributed by atoms with Crippen LogP contribution in [0, 0.1) is 4.79 Å². The first-order chi connectivity index (χ1) is 8.20. The number of nitrogens with one attached hydrogen (secondary N) is 3. The average Bonchev–Trinajstić information content (AvgIpc) is 2.14. The van der Waals surface area contributed by atoms with Gasteiger partial charge in [-0.15, -0.1) is 4.79 Å². The van der Waals surface area contributed by atoms with Gasteiger partial charge in [0.15, 0.2) is 0 Å². The second-order valence-corrected chi connectivity index (χ2v) is 24.0. The van der Waals surface area contributed by atoms with Gasteiger partial charge in [-0.05, 0) is 39.3 Å². The second kappa shape index (κ2) is 12.3. The molecule has 0 heterocycles. The van der Waals surface area contributed by atoms with Crippen LogP contribution in [0.1, 0.15) is 0 Å². The molecule has 0 aromatic rings. The first kappa shape index (κ1) is 33.4. The summed E-state index contributed by atoms with van der Waals surface area (Å²) < 4.78 is 5.10. The zero-order valence-corrected chi connectivity index (χ0v) is 27.3. The predicted molar refractivity (Wildman–Crippen MR) is 99.4 cm³/mol. The molecule has 9 heteroatoms. The number of hydrogen-bond acceptors (Lipinski definition) is 0. The summed E-state index contributed by atoms with van der Waals surface area (Å²) >= 11 is 0. The van der Waals surface area contributed by atoms with Crippen molar-refractivity contribution in [3.05, 3.63) is 10.9 Å². The van der Waals surface area contributed by atoms with Crippen LogP contribution >= 0.6 is 0 Å². The average molecular weight is 416 g/mol. The summed E-state index contributed by atoms with van der Waals surface area (Å²) in [4.78, 5) is 2.05. The minimum absolute atomic E-state index is 0. The molecule has 0 saturated heterocycles. The molecule has 0 radical (unpaired) electrons. The first-order valence-electron chi connectivity index (χ1n) is 7.50. The fourth-order valence-electron chi connectivity index (χ4n) is 3.09. The van der Waals surface area contributed by atoms with Crippen molar-refractivity contribution in [1.82, 2.24) is 0 Å². The Hall–Kier alpha value is 3.76. The molecule has 0 saturated carbocycles. The van der Waals surface area contributed by atoms with Crippen LogP contribution in [0.4, 0.5) is 0 Å². The van der Waals surface area contributed by atoms with Crippen LogP contribution < -0.4 is 116 Å². The van der Waals surface area contributed by atoms with E-state index in [9.17, 15) is 0 Å². The maximum Gasteiger partial charge on any atom is 1.00 e. The molecule has 0 rings (SSSR count). The zero-order chi connectivity index (χ0) is 15.8. The minimum atomic E-state index is -1.39. The van der Waals surface area contributed by atoms with Crippen LogP contribution in [0.15, 0.2) is 0 Å². The molecule has 0 spiro atoms. The third-order valence-electron chi connectivity index (χ3n) is 5.62. The largest absolute Gasteiger partial charge is 1.00 e. The fourth-order valence-corrected chi connectivity index (χ4v) is 27.8. The van der Waals surface area contributed by atoms with Gasteiger partial charge < -0.3 is 19.8 Å². The number of nitrogens with two attached hydrogens (primary N) is 1. The van der Waals surface area contributed by atoms with E-state index < -0.39 is 24.7 Å². The van der Waals surface area contributed by atoms with E-state index >= 15 is 0 Å². The maximum absolute atomic E-state index is 2.59. The third kappa shape index (κ3) is 7.79. The van der Waals surface area contributed by atoms with Gasteiger partial charge in [0, 0.05) is 42.3 Å². The first-order valence-corrected chi connectivity index (χ1v) is 16.5. The van der Waals surface area contributed by atoms with Gasteiger partial charge in [0.2, 0.25) is 0 Å². The molecule has 0 amide bonds. The van der Waals surface area contributed by atoms with Crippen molar-refractivity contribution in [3.63, 3.8) is 0 Å². The predicted octanol–water partition coefficient (Wildman–Crippen LogP) is -7.05. The van der Waals surface area contributed by atoms with Gasteiger partial charge in [-0.1, -0.05) is 0 Å². The van der Waals surface area contributed by atoms with E-state index in [0.717, 1.165) is 0 Å². The SMILES string of the molecule is C[NH+](C)[Si](C)(C)[C-]([Si](C)(C)[NH+](C)C)[Si](C)(C)[NH+](C)C.[K+].[K+].[NH2-]. The molecule has 0 aliphatic rings. The molecule has 124 valence electrons. The van der Waals surface area contributed by atoms with Crippen LogP contribution in [-0.4, -0.2) is 67.0 Å². The Bertz CT molecular complexity index is 264.